The van der Waals surface area contributed by atoms with Crippen LogP contribution in [-0.2, 0) is 19.1 Å². The largest absolute Gasteiger partial charge is 0.379 e. The molecule has 1 atom stereocenters. The fraction of sp³-hybridized carbons (Fsp3) is 0.867. The number of carbonyl (C=O) groups is 2. The Bertz CT molecular complexity index is 311. The minimum atomic E-state index is -0.474. The molecule has 0 aliphatic carbocycles. The van der Waals surface area contributed by atoms with Crippen LogP contribution in [-0.4, -0.2) is 57.4 Å². The number of nitrogens with two attached hydrogens (primary N) is 1. The zero-order valence-electron chi connectivity index (χ0n) is 14.0. The molecule has 22 heavy (non-hydrogen) atoms. The van der Waals surface area contributed by atoms with Crippen molar-refractivity contribution in [1.29, 1.82) is 0 Å². The Balaban J connectivity index is 3.62. The van der Waals surface area contributed by atoms with Crippen LogP contribution in [0.2, 0.25) is 0 Å². The molecule has 0 saturated heterocycles. The summed E-state index contributed by atoms with van der Waals surface area (Å²) in [5.41, 5.74) is 5.30. The maximum absolute atomic E-state index is 11.6. The molecule has 0 unspecified atom stereocenters. The van der Waals surface area contributed by atoms with E-state index in [0.29, 0.717) is 38.7 Å². The van der Waals surface area contributed by atoms with Crippen molar-refractivity contribution in [3.63, 3.8) is 0 Å². The molecule has 0 bridgehead atoms. The molecule has 0 aliphatic heterocycles. The fourth-order valence-corrected chi connectivity index (χ4v) is 1.78. The molecular weight excluding hydrogens is 286 g/mol. The van der Waals surface area contributed by atoms with Crippen LogP contribution in [0, 0.1) is 5.92 Å². The Morgan fingerprint density at radius 2 is 1.73 bits per heavy atom. The summed E-state index contributed by atoms with van der Waals surface area (Å²) < 4.78 is 10.6. The molecule has 0 rings (SSSR count). The third kappa shape index (κ3) is 12.6. The van der Waals surface area contributed by atoms with Crippen LogP contribution >= 0.6 is 0 Å². The molecular formula is C15H31N3O4. The highest BCUT2D eigenvalue weighted by Gasteiger charge is 2.17. The summed E-state index contributed by atoms with van der Waals surface area (Å²) in [4.78, 5) is 22.9. The Labute approximate surface area is 133 Å². The molecule has 2 amide bonds. The van der Waals surface area contributed by atoms with E-state index < -0.39 is 11.9 Å². The predicted octanol–water partition coefficient (Wildman–Crippen LogP) is 0.0354. The van der Waals surface area contributed by atoms with Gasteiger partial charge in [0.15, 0.2) is 0 Å². The van der Waals surface area contributed by atoms with Gasteiger partial charge >= 0.3 is 0 Å². The molecule has 0 spiro atoms. The molecule has 0 aromatic carbocycles. The smallest absolute Gasteiger partial charge is 0.234 e. The minimum absolute atomic E-state index is 0.0694. The third-order valence-electron chi connectivity index (χ3n) is 2.85. The zero-order chi connectivity index (χ0) is 16.8. The predicted molar refractivity (Wildman–Crippen MR) is 85.4 cm³/mol. The Morgan fingerprint density at radius 1 is 1.09 bits per heavy atom. The highest BCUT2D eigenvalue weighted by Crippen LogP contribution is 2.03. The lowest BCUT2D eigenvalue weighted by molar-refractivity contribution is -0.122. The van der Waals surface area contributed by atoms with Gasteiger partial charge in [0.05, 0.1) is 32.4 Å². The van der Waals surface area contributed by atoms with Crippen molar-refractivity contribution < 1.29 is 19.1 Å². The molecule has 0 saturated carbocycles. The maximum Gasteiger partial charge on any atom is 0.234 e. The molecule has 0 heterocycles. The van der Waals surface area contributed by atoms with Gasteiger partial charge in [-0.05, 0) is 18.8 Å². The lowest BCUT2D eigenvalue weighted by atomic mass is 10.0. The number of ether oxygens (including phenoxy) is 2. The van der Waals surface area contributed by atoms with E-state index in [1.54, 1.807) is 0 Å². The van der Waals surface area contributed by atoms with E-state index in [4.69, 9.17) is 15.2 Å². The molecule has 0 aromatic heterocycles. The summed E-state index contributed by atoms with van der Waals surface area (Å²) >= 11 is 0. The average Bonchev–Trinajstić information content (AvgIpc) is 2.45. The van der Waals surface area contributed by atoms with Crippen LogP contribution in [0.5, 0.6) is 0 Å². The summed E-state index contributed by atoms with van der Waals surface area (Å²) in [5, 5.41) is 5.59. The second-order valence-electron chi connectivity index (χ2n) is 5.54. The van der Waals surface area contributed by atoms with Gasteiger partial charge in [0.25, 0.3) is 0 Å². The zero-order valence-corrected chi connectivity index (χ0v) is 14.0. The SMILES string of the molecule is CCCOCCOCCNC(=O)CN[C@@H](CC(C)C)C(N)=O. The van der Waals surface area contributed by atoms with E-state index in [1.807, 2.05) is 20.8 Å². The van der Waals surface area contributed by atoms with Gasteiger partial charge < -0.3 is 20.5 Å². The second kappa shape index (κ2) is 13.5. The Hall–Kier alpha value is -1.18. The maximum atomic E-state index is 11.6. The van der Waals surface area contributed by atoms with Gasteiger partial charge in [-0.15, -0.1) is 0 Å². The first-order chi connectivity index (χ1) is 10.5. The van der Waals surface area contributed by atoms with Crippen molar-refractivity contribution in [3.05, 3.63) is 0 Å². The number of hydrogen-bond acceptors (Lipinski definition) is 5. The van der Waals surface area contributed by atoms with Crippen molar-refractivity contribution in [1.82, 2.24) is 10.6 Å². The number of primary amides is 1. The quantitative estimate of drug-likeness (QED) is 0.392. The summed E-state index contributed by atoms with van der Waals surface area (Å²) in [6, 6.07) is -0.474. The average molecular weight is 317 g/mol. The first-order valence-electron chi connectivity index (χ1n) is 7.92. The van der Waals surface area contributed by atoms with E-state index in [-0.39, 0.29) is 12.5 Å². The Morgan fingerprint density at radius 3 is 2.27 bits per heavy atom. The first-order valence-corrected chi connectivity index (χ1v) is 7.92. The molecule has 7 nitrogen and oxygen atoms in total. The fourth-order valence-electron chi connectivity index (χ4n) is 1.78. The van der Waals surface area contributed by atoms with Crippen LogP contribution in [0.4, 0.5) is 0 Å². The monoisotopic (exact) mass is 317 g/mol. The molecule has 0 radical (unpaired) electrons. The molecule has 0 fully saturated rings. The Kier molecular flexibility index (Phi) is 12.8. The lowest BCUT2D eigenvalue weighted by Crippen LogP contribution is -2.46. The molecule has 0 aliphatic rings. The van der Waals surface area contributed by atoms with E-state index in [0.717, 1.165) is 13.0 Å². The first kappa shape index (κ1) is 20.8. The number of rotatable bonds is 14. The standard InChI is InChI=1S/C15H31N3O4/c1-4-6-21-8-9-22-7-5-17-14(19)11-18-13(15(16)20)10-12(2)3/h12-13,18H,4-11H2,1-3H3,(H2,16,20)(H,17,19)/t13-/m0/s1. The van der Waals surface area contributed by atoms with Crippen LogP contribution in [0.3, 0.4) is 0 Å². The minimum Gasteiger partial charge on any atom is -0.379 e. The topological polar surface area (TPSA) is 103 Å². The van der Waals surface area contributed by atoms with Crippen molar-refractivity contribution in [2.24, 2.45) is 11.7 Å². The van der Waals surface area contributed by atoms with Gasteiger partial charge in [0.1, 0.15) is 0 Å². The molecule has 7 heteroatoms. The summed E-state index contributed by atoms with van der Waals surface area (Å²) in [6.07, 6.45) is 1.61. The van der Waals surface area contributed by atoms with E-state index in [9.17, 15) is 9.59 Å². The van der Waals surface area contributed by atoms with Gasteiger partial charge in [-0.3, -0.25) is 14.9 Å². The third-order valence-corrected chi connectivity index (χ3v) is 2.85. The van der Waals surface area contributed by atoms with Crippen molar-refractivity contribution >= 4 is 11.8 Å². The molecule has 130 valence electrons. The highest BCUT2D eigenvalue weighted by molar-refractivity contribution is 5.82. The van der Waals surface area contributed by atoms with Crippen molar-refractivity contribution in [3.8, 4) is 0 Å². The van der Waals surface area contributed by atoms with Crippen molar-refractivity contribution in [2.75, 3.05) is 39.5 Å². The summed E-state index contributed by atoms with van der Waals surface area (Å²) in [6.45, 7) is 8.81. The van der Waals surface area contributed by atoms with Gasteiger partial charge in [-0.2, -0.15) is 0 Å². The summed E-state index contributed by atoms with van der Waals surface area (Å²) in [7, 11) is 0. The lowest BCUT2D eigenvalue weighted by Gasteiger charge is -2.17. The normalized spacial score (nSPS) is 12.4. The van der Waals surface area contributed by atoms with E-state index >= 15 is 0 Å². The van der Waals surface area contributed by atoms with Gasteiger partial charge in [0, 0.05) is 13.2 Å². The van der Waals surface area contributed by atoms with Gasteiger partial charge in [-0.25, -0.2) is 0 Å². The van der Waals surface area contributed by atoms with Crippen LogP contribution < -0.4 is 16.4 Å². The van der Waals surface area contributed by atoms with Crippen LogP contribution in [0.1, 0.15) is 33.6 Å². The van der Waals surface area contributed by atoms with Crippen LogP contribution in [0.15, 0.2) is 0 Å². The molecule has 4 N–H and O–H groups in total. The van der Waals surface area contributed by atoms with Crippen LogP contribution in [0.25, 0.3) is 0 Å². The molecule has 0 aromatic rings. The van der Waals surface area contributed by atoms with Gasteiger partial charge in [0.2, 0.25) is 11.8 Å². The highest BCUT2D eigenvalue weighted by atomic mass is 16.5. The van der Waals surface area contributed by atoms with Gasteiger partial charge in [-0.1, -0.05) is 20.8 Å². The number of carbonyl (C=O) groups excluding carboxylic acids is 2. The summed E-state index contributed by atoms with van der Waals surface area (Å²) in [5.74, 6) is -0.283. The number of amides is 2. The van der Waals surface area contributed by atoms with E-state index in [2.05, 4.69) is 10.6 Å². The van der Waals surface area contributed by atoms with Crippen molar-refractivity contribution in [2.45, 2.75) is 39.7 Å². The van der Waals surface area contributed by atoms with E-state index in [1.165, 1.54) is 0 Å². The number of nitrogens with one attached hydrogen (secondary N) is 2. The second-order valence-corrected chi connectivity index (χ2v) is 5.54. The number of hydrogen-bond donors (Lipinski definition) is 3.